The molecule has 0 saturated carbocycles. The SMILES string of the molecule is COC(=O)c1cccc(CCC(=O)O)c1CCl. The third kappa shape index (κ3) is 3.46. The van der Waals surface area contributed by atoms with Crippen molar-refractivity contribution in [1.82, 2.24) is 0 Å². The molecule has 4 nitrogen and oxygen atoms in total. The fourth-order valence-electron chi connectivity index (χ4n) is 1.57. The molecule has 0 atom stereocenters. The molecule has 1 aromatic carbocycles. The van der Waals surface area contributed by atoms with Gasteiger partial charge in [-0.25, -0.2) is 4.79 Å². The molecule has 5 heteroatoms. The van der Waals surface area contributed by atoms with E-state index in [4.69, 9.17) is 16.7 Å². The minimum atomic E-state index is -0.881. The van der Waals surface area contributed by atoms with Crippen molar-refractivity contribution in [1.29, 1.82) is 0 Å². The minimum absolute atomic E-state index is 0.00845. The van der Waals surface area contributed by atoms with Crippen molar-refractivity contribution in [2.75, 3.05) is 7.11 Å². The van der Waals surface area contributed by atoms with E-state index in [-0.39, 0.29) is 12.3 Å². The number of aliphatic carboxylic acids is 1. The molecule has 0 radical (unpaired) electrons. The van der Waals surface area contributed by atoms with Crippen LogP contribution in [0, 0.1) is 0 Å². The highest BCUT2D eigenvalue weighted by molar-refractivity contribution is 6.17. The summed E-state index contributed by atoms with van der Waals surface area (Å²) in [7, 11) is 1.30. The third-order valence-electron chi connectivity index (χ3n) is 2.42. The predicted octanol–water partition coefficient (Wildman–Crippen LogP) is 2.23. The van der Waals surface area contributed by atoms with Crippen LogP contribution in [0.15, 0.2) is 18.2 Å². The van der Waals surface area contributed by atoms with Gasteiger partial charge in [-0.1, -0.05) is 12.1 Å². The summed E-state index contributed by atoms with van der Waals surface area (Å²) in [5.74, 6) is -1.19. The van der Waals surface area contributed by atoms with Crippen LogP contribution in [0.25, 0.3) is 0 Å². The molecule has 0 amide bonds. The highest BCUT2D eigenvalue weighted by Gasteiger charge is 2.14. The Kier molecular flexibility index (Phi) is 4.97. The first-order valence-corrected chi connectivity index (χ1v) is 5.60. The van der Waals surface area contributed by atoms with E-state index in [0.717, 1.165) is 5.56 Å². The molecule has 92 valence electrons. The molecule has 1 aromatic rings. The Labute approximate surface area is 104 Å². The summed E-state index contributed by atoms with van der Waals surface area (Å²) in [6, 6.07) is 5.08. The number of rotatable bonds is 5. The Hall–Kier alpha value is -1.55. The average Bonchev–Trinajstić information content (AvgIpc) is 2.34. The van der Waals surface area contributed by atoms with Crippen molar-refractivity contribution in [2.45, 2.75) is 18.7 Å². The Balaban J connectivity index is 3.05. The van der Waals surface area contributed by atoms with Gasteiger partial charge in [-0.2, -0.15) is 0 Å². The van der Waals surface area contributed by atoms with Crippen LogP contribution in [-0.4, -0.2) is 24.2 Å². The number of carbonyl (C=O) groups excluding carboxylic acids is 1. The summed E-state index contributed by atoms with van der Waals surface area (Å²) < 4.78 is 4.65. The van der Waals surface area contributed by atoms with Gasteiger partial charge in [0.15, 0.2) is 0 Å². The molecule has 1 N–H and O–H groups in total. The van der Waals surface area contributed by atoms with E-state index in [0.29, 0.717) is 17.5 Å². The fourth-order valence-corrected chi connectivity index (χ4v) is 1.89. The highest BCUT2D eigenvalue weighted by atomic mass is 35.5. The van der Waals surface area contributed by atoms with Gasteiger partial charge in [0.25, 0.3) is 0 Å². The lowest BCUT2D eigenvalue weighted by atomic mass is 9.99. The van der Waals surface area contributed by atoms with E-state index in [9.17, 15) is 9.59 Å². The van der Waals surface area contributed by atoms with Crippen molar-refractivity contribution in [3.05, 3.63) is 34.9 Å². The molecule has 0 aromatic heterocycles. The third-order valence-corrected chi connectivity index (χ3v) is 2.69. The largest absolute Gasteiger partial charge is 0.481 e. The van der Waals surface area contributed by atoms with Gasteiger partial charge in [-0.15, -0.1) is 11.6 Å². The number of methoxy groups -OCH3 is 1. The summed E-state index contributed by atoms with van der Waals surface area (Å²) in [4.78, 5) is 22.0. The van der Waals surface area contributed by atoms with Crippen LogP contribution in [0.5, 0.6) is 0 Å². The summed E-state index contributed by atoms with van der Waals surface area (Å²) in [5, 5.41) is 8.64. The molecule has 0 aliphatic rings. The Bertz CT molecular complexity index is 429. The Morgan fingerprint density at radius 3 is 2.65 bits per heavy atom. The zero-order valence-electron chi connectivity index (χ0n) is 9.40. The topological polar surface area (TPSA) is 63.6 Å². The summed E-state index contributed by atoms with van der Waals surface area (Å²) >= 11 is 5.80. The first-order chi connectivity index (χ1) is 8.10. The summed E-state index contributed by atoms with van der Waals surface area (Å²) in [6.45, 7) is 0. The number of carbonyl (C=O) groups is 2. The number of benzene rings is 1. The van der Waals surface area contributed by atoms with Gasteiger partial charge in [0.1, 0.15) is 0 Å². The second kappa shape index (κ2) is 6.25. The van der Waals surface area contributed by atoms with E-state index in [1.54, 1.807) is 18.2 Å². The van der Waals surface area contributed by atoms with Crippen molar-refractivity contribution < 1.29 is 19.4 Å². The van der Waals surface area contributed by atoms with Crippen LogP contribution in [0.3, 0.4) is 0 Å². The number of ether oxygens (including phenoxy) is 1. The van der Waals surface area contributed by atoms with E-state index < -0.39 is 11.9 Å². The zero-order chi connectivity index (χ0) is 12.8. The second-order valence-electron chi connectivity index (χ2n) is 3.46. The number of esters is 1. The van der Waals surface area contributed by atoms with Gasteiger partial charge in [0.2, 0.25) is 0 Å². The molecular weight excluding hydrogens is 244 g/mol. The van der Waals surface area contributed by atoms with Crippen LogP contribution in [-0.2, 0) is 21.8 Å². The molecule has 0 heterocycles. The maximum atomic E-state index is 11.5. The normalized spacial score (nSPS) is 10.0. The van der Waals surface area contributed by atoms with Gasteiger partial charge in [0, 0.05) is 12.3 Å². The number of hydrogen-bond acceptors (Lipinski definition) is 3. The molecule has 0 fully saturated rings. The highest BCUT2D eigenvalue weighted by Crippen LogP contribution is 2.19. The van der Waals surface area contributed by atoms with E-state index >= 15 is 0 Å². The fraction of sp³-hybridized carbons (Fsp3) is 0.333. The second-order valence-corrected chi connectivity index (χ2v) is 3.73. The monoisotopic (exact) mass is 256 g/mol. The average molecular weight is 257 g/mol. The van der Waals surface area contributed by atoms with E-state index in [2.05, 4.69) is 4.74 Å². The lowest BCUT2D eigenvalue weighted by Gasteiger charge is -2.10. The molecule has 17 heavy (non-hydrogen) atoms. The van der Waals surface area contributed by atoms with Crippen LogP contribution in [0.4, 0.5) is 0 Å². The van der Waals surface area contributed by atoms with Gasteiger partial charge >= 0.3 is 11.9 Å². The molecule has 0 unspecified atom stereocenters. The molecule has 0 bridgehead atoms. The van der Waals surface area contributed by atoms with Crippen LogP contribution < -0.4 is 0 Å². The zero-order valence-corrected chi connectivity index (χ0v) is 10.2. The molecular formula is C12H13ClO4. The lowest BCUT2D eigenvalue weighted by Crippen LogP contribution is -2.08. The van der Waals surface area contributed by atoms with Gasteiger partial charge in [-0.05, 0) is 23.6 Å². The van der Waals surface area contributed by atoms with Crippen LogP contribution in [0.2, 0.25) is 0 Å². The first-order valence-electron chi connectivity index (χ1n) is 5.07. The number of carboxylic acids is 1. The first kappa shape index (κ1) is 13.5. The molecule has 1 rings (SSSR count). The number of aryl methyl sites for hydroxylation is 1. The maximum Gasteiger partial charge on any atom is 0.338 e. The molecule has 0 aliphatic carbocycles. The number of alkyl halides is 1. The van der Waals surface area contributed by atoms with Gasteiger partial charge in [0.05, 0.1) is 12.7 Å². The Morgan fingerprint density at radius 1 is 1.41 bits per heavy atom. The van der Waals surface area contributed by atoms with Crippen molar-refractivity contribution in [3.8, 4) is 0 Å². The Morgan fingerprint density at radius 2 is 2.12 bits per heavy atom. The molecule has 0 spiro atoms. The standard InChI is InChI=1S/C12H13ClO4/c1-17-12(16)9-4-2-3-8(10(9)7-13)5-6-11(14)15/h2-4H,5-7H2,1H3,(H,14,15). The molecule has 0 aliphatic heterocycles. The van der Waals surface area contributed by atoms with Crippen molar-refractivity contribution in [2.24, 2.45) is 0 Å². The quantitative estimate of drug-likeness (QED) is 0.648. The van der Waals surface area contributed by atoms with Crippen LogP contribution in [0.1, 0.15) is 27.9 Å². The van der Waals surface area contributed by atoms with E-state index in [1.165, 1.54) is 7.11 Å². The minimum Gasteiger partial charge on any atom is -0.481 e. The lowest BCUT2D eigenvalue weighted by molar-refractivity contribution is -0.136. The van der Waals surface area contributed by atoms with Crippen molar-refractivity contribution in [3.63, 3.8) is 0 Å². The van der Waals surface area contributed by atoms with Crippen molar-refractivity contribution >= 4 is 23.5 Å². The molecule has 0 saturated heterocycles. The van der Waals surface area contributed by atoms with Crippen LogP contribution >= 0.6 is 11.6 Å². The number of hydrogen-bond donors (Lipinski definition) is 1. The number of halogens is 1. The smallest absolute Gasteiger partial charge is 0.338 e. The summed E-state index contributed by atoms with van der Waals surface area (Å²) in [6.07, 6.45) is 0.358. The van der Waals surface area contributed by atoms with Gasteiger partial charge < -0.3 is 9.84 Å². The van der Waals surface area contributed by atoms with E-state index in [1.807, 2.05) is 0 Å². The number of carboxylic acid groups (broad SMARTS) is 1. The van der Waals surface area contributed by atoms with Gasteiger partial charge in [-0.3, -0.25) is 4.79 Å². The maximum absolute atomic E-state index is 11.5. The summed E-state index contributed by atoms with van der Waals surface area (Å²) in [5.41, 5.74) is 1.80. The predicted molar refractivity (Wildman–Crippen MR) is 63.3 cm³/mol.